The first-order valence-electron chi connectivity index (χ1n) is 16.1. The van der Waals surface area contributed by atoms with Crippen molar-refractivity contribution in [3.05, 3.63) is 45.8 Å². The maximum atomic E-state index is 13.9. The van der Waals surface area contributed by atoms with Gasteiger partial charge in [0.15, 0.2) is 0 Å². The summed E-state index contributed by atoms with van der Waals surface area (Å²) in [6.45, 7) is 18.2. The van der Waals surface area contributed by atoms with Gasteiger partial charge in [-0.25, -0.2) is 4.79 Å². The Bertz CT molecular complexity index is 1480. The summed E-state index contributed by atoms with van der Waals surface area (Å²) in [7, 11) is 0. The van der Waals surface area contributed by atoms with Gasteiger partial charge in [0, 0.05) is 55.1 Å². The Morgan fingerprint density at radius 1 is 0.907 bits per heavy atom. The molecule has 3 saturated heterocycles. The third-order valence-corrected chi connectivity index (χ3v) is 11.0. The van der Waals surface area contributed by atoms with E-state index < -0.39 is 11.0 Å². The number of aromatic nitrogens is 1. The molecule has 2 bridgehead atoms. The fourth-order valence-corrected chi connectivity index (χ4v) is 8.57. The highest BCUT2D eigenvalue weighted by Crippen LogP contribution is 2.44. The first-order chi connectivity index (χ1) is 20.3. The van der Waals surface area contributed by atoms with E-state index in [4.69, 9.17) is 4.74 Å². The molecule has 0 aliphatic carbocycles. The normalized spacial score (nSPS) is 21.3. The molecule has 0 saturated carbocycles. The molecule has 0 radical (unpaired) electrons. The van der Waals surface area contributed by atoms with E-state index in [0.717, 1.165) is 61.4 Å². The van der Waals surface area contributed by atoms with Gasteiger partial charge in [-0.15, -0.1) is 11.3 Å². The second kappa shape index (κ2) is 11.3. The van der Waals surface area contributed by atoms with E-state index in [1.807, 2.05) is 25.7 Å². The number of carbonyl (C=O) groups is 2. The molecule has 3 aromatic rings. The maximum absolute atomic E-state index is 13.9. The lowest BCUT2D eigenvalue weighted by Gasteiger charge is -2.35. The number of aromatic amines is 1. The average molecular weight is 605 g/mol. The van der Waals surface area contributed by atoms with Crippen LogP contribution in [0.3, 0.4) is 0 Å². The van der Waals surface area contributed by atoms with E-state index in [1.54, 1.807) is 11.3 Å². The minimum absolute atomic E-state index is 0.221. The van der Waals surface area contributed by atoms with Gasteiger partial charge in [0.1, 0.15) is 10.4 Å². The van der Waals surface area contributed by atoms with Crippen molar-refractivity contribution in [3.63, 3.8) is 0 Å². The van der Waals surface area contributed by atoms with Crippen LogP contribution in [-0.2, 0) is 21.4 Å². The Hall–Kier alpha value is -2.84. The number of piperazine rings is 1. The molecule has 232 valence electrons. The van der Waals surface area contributed by atoms with Crippen LogP contribution in [0.1, 0.15) is 81.9 Å². The first-order valence-corrected chi connectivity index (χ1v) is 16.9. The van der Waals surface area contributed by atoms with Gasteiger partial charge in [-0.1, -0.05) is 17.2 Å². The number of thiophene rings is 1. The molecule has 1 N–H and O–H groups in total. The van der Waals surface area contributed by atoms with Crippen LogP contribution in [0.5, 0.6) is 0 Å². The van der Waals surface area contributed by atoms with Crippen molar-refractivity contribution >= 4 is 33.6 Å². The van der Waals surface area contributed by atoms with Crippen molar-refractivity contribution in [2.75, 3.05) is 32.7 Å². The quantitative estimate of drug-likeness (QED) is 0.328. The topological polar surface area (TPSA) is 68.9 Å². The number of rotatable bonds is 6. The molecule has 8 heteroatoms. The van der Waals surface area contributed by atoms with Gasteiger partial charge in [-0.2, -0.15) is 0 Å². The van der Waals surface area contributed by atoms with Gasteiger partial charge in [0.05, 0.1) is 11.1 Å². The number of H-pyrrole nitrogens is 1. The molecule has 0 atom stereocenters. The summed E-state index contributed by atoms with van der Waals surface area (Å²) in [5.41, 5.74) is 5.21. The number of ether oxygens (including phenoxy) is 1. The number of aryl methyl sites for hydroxylation is 2. The minimum atomic E-state index is -0.551. The zero-order valence-corrected chi connectivity index (χ0v) is 27.8. The lowest BCUT2D eigenvalue weighted by molar-refractivity contribution is -0.137. The number of benzene rings is 1. The maximum Gasteiger partial charge on any atom is 0.410 e. The molecule has 0 spiro atoms. The van der Waals surface area contributed by atoms with Crippen molar-refractivity contribution in [1.82, 2.24) is 19.7 Å². The molecule has 3 fully saturated rings. The molecule has 1 aromatic carbocycles. The Morgan fingerprint density at radius 3 is 2.09 bits per heavy atom. The van der Waals surface area contributed by atoms with E-state index in [-0.39, 0.29) is 6.09 Å². The molecule has 3 aliphatic rings. The Kier molecular flexibility index (Phi) is 7.91. The summed E-state index contributed by atoms with van der Waals surface area (Å²) in [5.74, 6) is 0.292. The summed E-state index contributed by atoms with van der Waals surface area (Å²) in [5, 5.41) is 1.24. The standard InChI is InChI=1S/C35H48N4O3S/c1-22-18-23(2)20-24(19-22)30-27(12-13-37-14-16-38(17-15-37)33(41)42-34(3,4)5)28-21-29(43-31(28)36-30)35(6,7)32(40)39-25-8-9-26(39)11-10-25/h18-21,25-26,36H,8-17H2,1-7H3. The van der Waals surface area contributed by atoms with Crippen LogP contribution < -0.4 is 0 Å². The van der Waals surface area contributed by atoms with Crippen LogP contribution in [0.4, 0.5) is 4.79 Å². The number of amides is 2. The molecular formula is C35H48N4O3S. The van der Waals surface area contributed by atoms with Gasteiger partial charge in [0.25, 0.3) is 0 Å². The summed E-state index contributed by atoms with van der Waals surface area (Å²) < 4.78 is 5.60. The highest BCUT2D eigenvalue weighted by Gasteiger charge is 2.47. The van der Waals surface area contributed by atoms with Gasteiger partial charge < -0.3 is 19.5 Å². The summed E-state index contributed by atoms with van der Waals surface area (Å²) in [4.78, 5) is 39.1. The van der Waals surface area contributed by atoms with Crippen LogP contribution in [0.2, 0.25) is 0 Å². The highest BCUT2D eigenvalue weighted by molar-refractivity contribution is 7.19. The molecule has 0 unspecified atom stereocenters. The number of fused-ring (bicyclic) bond motifs is 3. The van der Waals surface area contributed by atoms with E-state index in [1.165, 1.54) is 33.3 Å². The van der Waals surface area contributed by atoms with Crippen LogP contribution in [0.15, 0.2) is 24.3 Å². The van der Waals surface area contributed by atoms with Crippen molar-refractivity contribution in [1.29, 1.82) is 0 Å². The molecule has 6 rings (SSSR count). The van der Waals surface area contributed by atoms with E-state index in [2.05, 4.69) is 66.7 Å². The zero-order chi connectivity index (χ0) is 30.7. The molecule has 2 aromatic heterocycles. The van der Waals surface area contributed by atoms with Gasteiger partial charge in [-0.05, 0) is 110 Å². The molecule has 43 heavy (non-hydrogen) atoms. The Labute approximate surface area is 260 Å². The Balaban J connectivity index is 1.25. The van der Waals surface area contributed by atoms with Gasteiger partial charge in [-0.3, -0.25) is 9.69 Å². The summed E-state index contributed by atoms with van der Waals surface area (Å²) >= 11 is 1.75. The minimum Gasteiger partial charge on any atom is -0.444 e. The second-order valence-electron chi connectivity index (χ2n) is 14.6. The fraction of sp³-hybridized carbons (Fsp3) is 0.600. The molecule has 3 aliphatic heterocycles. The number of hydrogen-bond donors (Lipinski definition) is 1. The Morgan fingerprint density at radius 2 is 1.51 bits per heavy atom. The van der Waals surface area contributed by atoms with Crippen molar-refractivity contribution in [2.45, 2.75) is 104 Å². The van der Waals surface area contributed by atoms with Crippen molar-refractivity contribution in [2.24, 2.45) is 0 Å². The number of nitrogens with one attached hydrogen (secondary N) is 1. The zero-order valence-electron chi connectivity index (χ0n) is 27.0. The average Bonchev–Trinajstić information content (AvgIpc) is 3.70. The SMILES string of the molecule is Cc1cc(C)cc(-c2[nH]c3sc(C(C)(C)C(=O)N4C5CCC4CC5)cc3c2CCN2CCN(C(=O)OC(C)(C)C)CC2)c1. The monoisotopic (exact) mass is 604 g/mol. The third kappa shape index (κ3) is 5.97. The molecular weight excluding hydrogens is 556 g/mol. The van der Waals surface area contributed by atoms with Gasteiger partial charge in [0.2, 0.25) is 5.91 Å². The number of carbonyl (C=O) groups excluding carboxylic acids is 2. The largest absolute Gasteiger partial charge is 0.444 e. The first kappa shape index (κ1) is 30.2. The predicted octanol–water partition coefficient (Wildman–Crippen LogP) is 7.04. The fourth-order valence-electron chi connectivity index (χ4n) is 7.39. The third-order valence-electron chi connectivity index (χ3n) is 9.65. The lowest BCUT2D eigenvalue weighted by atomic mass is 9.88. The second-order valence-corrected chi connectivity index (χ2v) is 15.6. The van der Waals surface area contributed by atoms with Crippen molar-refractivity contribution < 1.29 is 14.3 Å². The van der Waals surface area contributed by atoms with Crippen molar-refractivity contribution in [3.8, 4) is 11.3 Å². The van der Waals surface area contributed by atoms with Crippen LogP contribution in [-0.4, -0.2) is 82.1 Å². The highest BCUT2D eigenvalue weighted by atomic mass is 32.1. The summed E-state index contributed by atoms with van der Waals surface area (Å²) in [6.07, 6.45) is 5.32. The molecule has 5 heterocycles. The van der Waals surface area contributed by atoms with Crippen LogP contribution >= 0.6 is 11.3 Å². The van der Waals surface area contributed by atoms with E-state index in [9.17, 15) is 9.59 Å². The smallest absolute Gasteiger partial charge is 0.410 e. The lowest BCUT2D eigenvalue weighted by Crippen LogP contribution is -2.50. The molecule has 2 amide bonds. The van der Waals surface area contributed by atoms with E-state index in [0.29, 0.717) is 31.1 Å². The molecule has 7 nitrogen and oxygen atoms in total. The number of hydrogen-bond acceptors (Lipinski definition) is 5. The van der Waals surface area contributed by atoms with E-state index >= 15 is 0 Å². The van der Waals surface area contributed by atoms with Crippen LogP contribution in [0, 0.1) is 13.8 Å². The van der Waals surface area contributed by atoms with Crippen LogP contribution in [0.25, 0.3) is 21.5 Å². The predicted molar refractivity (Wildman–Crippen MR) is 175 cm³/mol. The van der Waals surface area contributed by atoms with Gasteiger partial charge >= 0.3 is 6.09 Å². The number of nitrogens with zero attached hydrogens (tertiary/aromatic N) is 3. The summed E-state index contributed by atoms with van der Waals surface area (Å²) in [6, 6.07) is 9.92.